The molecule has 1 atom stereocenters. The number of sulfonamides is 1. The Morgan fingerprint density at radius 3 is 2.25 bits per heavy atom. The number of amides is 2. The van der Waals surface area contributed by atoms with Gasteiger partial charge in [0.1, 0.15) is 6.04 Å². The number of hydrogen-bond donors (Lipinski definition) is 1. The molecule has 2 aromatic rings. The van der Waals surface area contributed by atoms with Crippen LogP contribution in [0.5, 0.6) is 0 Å². The highest BCUT2D eigenvalue weighted by Crippen LogP contribution is 2.25. The SMILES string of the molecule is Cc1ccccc1N(CCCC(=O)N(Cc1ccc(Cl)c(Cl)c1)[C@@H](C)C(=O)NC(C)(C)C)S(C)(=O)=O. The lowest BCUT2D eigenvalue weighted by Crippen LogP contribution is -2.52. The summed E-state index contributed by atoms with van der Waals surface area (Å²) < 4.78 is 26.3. The van der Waals surface area contributed by atoms with E-state index in [0.717, 1.165) is 17.4 Å². The van der Waals surface area contributed by atoms with E-state index in [9.17, 15) is 18.0 Å². The topological polar surface area (TPSA) is 86.8 Å². The van der Waals surface area contributed by atoms with E-state index >= 15 is 0 Å². The van der Waals surface area contributed by atoms with Gasteiger partial charge in [-0.25, -0.2) is 8.42 Å². The Bertz CT molecular complexity index is 1200. The Balaban J connectivity index is 2.23. The van der Waals surface area contributed by atoms with Crippen LogP contribution in [-0.4, -0.2) is 49.5 Å². The van der Waals surface area contributed by atoms with Crippen molar-refractivity contribution >= 4 is 50.7 Å². The average Bonchev–Trinajstić information content (AvgIpc) is 2.75. The normalized spacial score (nSPS) is 12.7. The molecule has 0 fully saturated rings. The highest BCUT2D eigenvalue weighted by Gasteiger charge is 2.29. The molecule has 0 aromatic heterocycles. The number of benzene rings is 2. The smallest absolute Gasteiger partial charge is 0.242 e. The van der Waals surface area contributed by atoms with Gasteiger partial charge < -0.3 is 10.2 Å². The molecule has 0 bridgehead atoms. The molecule has 0 saturated heterocycles. The number of rotatable bonds is 10. The molecule has 0 aliphatic carbocycles. The summed E-state index contributed by atoms with van der Waals surface area (Å²) in [5.74, 6) is -0.551. The molecule has 0 radical (unpaired) electrons. The van der Waals surface area contributed by atoms with Crippen molar-refractivity contribution in [3.05, 3.63) is 63.6 Å². The number of carbonyl (C=O) groups is 2. The summed E-state index contributed by atoms with van der Waals surface area (Å²) in [6.07, 6.45) is 1.49. The van der Waals surface area contributed by atoms with Gasteiger partial charge in [0.2, 0.25) is 21.8 Å². The quantitative estimate of drug-likeness (QED) is 0.437. The Hall–Kier alpha value is -2.29. The minimum absolute atomic E-state index is 0.0619. The third-order valence-electron chi connectivity index (χ3n) is 5.54. The van der Waals surface area contributed by atoms with Crippen molar-refractivity contribution in [1.29, 1.82) is 0 Å². The van der Waals surface area contributed by atoms with Crippen LogP contribution >= 0.6 is 23.2 Å². The van der Waals surface area contributed by atoms with Crippen LogP contribution in [0.2, 0.25) is 10.0 Å². The zero-order chi connectivity index (χ0) is 27.3. The molecule has 0 spiro atoms. The van der Waals surface area contributed by atoms with E-state index in [1.165, 1.54) is 9.21 Å². The Labute approximate surface area is 224 Å². The Kier molecular flexibility index (Phi) is 10.2. The third kappa shape index (κ3) is 8.68. The fraction of sp³-hybridized carbons (Fsp3) is 0.462. The monoisotopic (exact) mass is 555 g/mol. The minimum Gasteiger partial charge on any atom is -0.350 e. The van der Waals surface area contributed by atoms with Crippen LogP contribution in [0.25, 0.3) is 0 Å². The lowest BCUT2D eigenvalue weighted by Gasteiger charge is -2.32. The lowest BCUT2D eigenvalue weighted by molar-refractivity contribution is -0.141. The van der Waals surface area contributed by atoms with Crippen LogP contribution in [0.1, 0.15) is 51.7 Å². The molecule has 7 nitrogen and oxygen atoms in total. The van der Waals surface area contributed by atoms with Crippen LogP contribution in [-0.2, 0) is 26.2 Å². The first-order chi connectivity index (χ1) is 16.6. The maximum atomic E-state index is 13.4. The van der Waals surface area contributed by atoms with Gasteiger partial charge in [-0.15, -0.1) is 0 Å². The van der Waals surface area contributed by atoms with Gasteiger partial charge in [-0.2, -0.15) is 0 Å². The van der Waals surface area contributed by atoms with Crippen molar-refractivity contribution < 1.29 is 18.0 Å². The summed E-state index contributed by atoms with van der Waals surface area (Å²) in [6.45, 7) is 9.41. The maximum Gasteiger partial charge on any atom is 0.242 e. The van der Waals surface area contributed by atoms with Gasteiger partial charge >= 0.3 is 0 Å². The molecule has 0 aliphatic rings. The second-order valence-corrected chi connectivity index (χ2v) is 12.6. The van der Waals surface area contributed by atoms with E-state index in [1.807, 2.05) is 39.8 Å². The van der Waals surface area contributed by atoms with Crippen LogP contribution in [0.3, 0.4) is 0 Å². The van der Waals surface area contributed by atoms with Gasteiger partial charge in [0, 0.05) is 25.0 Å². The van der Waals surface area contributed by atoms with Crippen molar-refractivity contribution in [3.8, 4) is 0 Å². The summed E-state index contributed by atoms with van der Waals surface area (Å²) in [6, 6.07) is 11.5. The first-order valence-electron chi connectivity index (χ1n) is 11.7. The number of carbonyl (C=O) groups excluding carboxylic acids is 2. The first kappa shape index (κ1) is 29.9. The van der Waals surface area contributed by atoms with Gasteiger partial charge in [0.25, 0.3) is 0 Å². The second-order valence-electron chi connectivity index (χ2n) is 9.91. The predicted molar refractivity (Wildman–Crippen MR) is 147 cm³/mol. The van der Waals surface area contributed by atoms with Gasteiger partial charge in [-0.3, -0.25) is 13.9 Å². The first-order valence-corrected chi connectivity index (χ1v) is 14.3. The second kappa shape index (κ2) is 12.3. The van der Waals surface area contributed by atoms with Gasteiger partial charge in [-0.05, 0) is 70.4 Å². The third-order valence-corrected chi connectivity index (χ3v) is 7.46. The van der Waals surface area contributed by atoms with Gasteiger partial charge in [0.05, 0.1) is 22.0 Å². The van der Waals surface area contributed by atoms with Crippen molar-refractivity contribution in [2.24, 2.45) is 0 Å². The van der Waals surface area contributed by atoms with Crippen LogP contribution in [0.15, 0.2) is 42.5 Å². The highest BCUT2D eigenvalue weighted by atomic mass is 35.5. The van der Waals surface area contributed by atoms with E-state index in [-0.39, 0.29) is 37.7 Å². The zero-order valence-electron chi connectivity index (χ0n) is 21.6. The number of halogens is 2. The standard InChI is InChI=1S/C26H35Cl2N3O4S/c1-18-10-7-8-11-23(18)31(36(6,34)35)15-9-12-24(32)30(19(2)25(33)29-26(3,4)5)17-20-13-14-21(27)22(28)16-20/h7-8,10-11,13-14,16,19H,9,12,15,17H2,1-6H3,(H,29,33)/t19-/m0/s1. The van der Waals surface area contributed by atoms with E-state index in [4.69, 9.17) is 23.2 Å². The van der Waals surface area contributed by atoms with Crippen molar-refractivity contribution in [2.45, 2.75) is 65.6 Å². The largest absolute Gasteiger partial charge is 0.350 e. The fourth-order valence-corrected chi connectivity index (χ4v) is 5.06. The molecule has 0 unspecified atom stereocenters. The molecule has 2 rings (SSSR count). The van der Waals surface area contributed by atoms with E-state index < -0.39 is 21.6 Å². The fourth-order valence-electron chi connectivity index (χ4n) is 3.72. The van der Waals surface area contributed by atoms with E-state index in [0.29, 0.717) is 15.7 Å². The molecule has 2 aromatic carbocycles. The zero-order valence-corrected chi connectivity index (χ0v) is 24.0. The van der Waals surface area contributed by atoms with E-state index in [2.05, 4.69) is 5.32 Å². The van der Waals surface area contributed by atoms with Gasteiger partial charge in [-0.1, -0.05) is 47.5 Å². The molecular weight excluding hydrogens is 521 g/mol. The summed E-state index contributed by atoms with van der Waals surface area (Å²) >= 11 is 12.2. The average molecular weight is 557 g/mol. The number of para-hydroxylation sites is 1. The van der Waals surface area contributed by atoms with Gasteiger partial charge in [0.15, 0.2) is 0 Å². The molecule has 0 heterocycles. The summed E-state index contributed by atoms with van der Waals surface area (Å²) in [5, 5.41) is 3.67. The molecule has 0 aliphatic heterocycles. The molecule has 10 heteroatoms. The Morgan fingerprint density at radius 1 is 1.06 bits per heavy atom. The van der Waals surface area contributed by atoms with Crippen molar-refractivity contribution in [3.63, 3.8) is 0 Å². The number of nitrogens with zero attached hydrogens (tertiary/aromatic N) is 2. The summed E-state index contributed by atoms with van der Waals surface area (Å²) in [7, 11) is -3.55. The number of nitrogens with one attached hydrogen (secondary N) is 1. The predicted octanol–water partition coefficient (Wildman–Crippen LogP) is 5.18. The lowest BCUT2D eigenvalue weighted by atomic mass is 10.1. The molecule has 2 amide bonds. The van der Waals surface area contributed by atoms with E-state index in [1.54, 1.807) is 37.3 Å². The molecule has 36 heavy (non-hydrogen) atoms. The Morgan fingerprint density at radius 2 is 1.69 bits per heavy atom. The highest BCUT2D eigenvalue weighted by molar-refractivity contribution is 7.92. The summed E-state index contributed by atoms with van der Waals surface area (Å²) in [4.78, 5) is 27.8. The molecule has 198 valence electrons. The van der Waals surface area contributed by atoms with Crippen molar-refractivity contribution in [2.75, 3.05) is 17.1 Å². The molecule has 1 N–H and O–H groups in total. The maximum absolute atomic E-state index is 13.4. The van der Waals surface area contributed by atoms with Crippen LogP contribution < -0.4 is 9.62 Å². The molecular formula is C26H35Cl2N3O4S. The number of aryl methyl sites for hydroxylation is 1. The minimum atomic E-state index is -3.55. The van der Waals surface area contributed by atoms with Crippen LogP contribution in [0.4, 0.5) is 5.69 Å². The van der Waals surface area contributed by atoms with Crippen LogP contribution in [0, 0.1) is 6.92 Å². The number of anilines is 1. The number of hydrogen-bond acceptors (Lipinski definition) is 4. The van der Waals surface area contributed by atoms with Crippen molar-refractivity contribution in [1.82, 2.24) is 10.2 Å². The summed E-state index contributed by atoms with van der Waals surface area (Å²) in [5.41, 5.74) is 1.67. The molecule has 0 saturated carbocycles.